The maximum atomic E-state index is 12.7. The predicted molar refractivity (Wildman–Crippen MR) is 98.6 cm³/mol. The second-order valence-corrected chi connectivity index (χ2v) is 8.08. The van der Waals surface area contributed by atoms with Crippen molar-refractivity contribution in [3.05, 3.63) is 54.2 Å². The van der Waals surface area contributed by atoms with Crippen molar-refractivity contribution in [3.8, 4) is 11.5 Å². The highest BCUT2D eigenvalue weighted by Crippen LogP contribution is 2.32. The first-order valence-corrected chi connectivity index (χ1v) is 10.1. The summed E-state index contributed by atoms with van der Waals surface area (Å²) >= 11 is 0. The van der Waals surface area contributed by atoms with E-state index in [0.717, 1.165) is 10.9 Å². The van der Waals surface area contributed by atoms with Crippen LogP contribution in [0.15, 0.2) is 53.6 Å². The van der Waals surface area contributed by atoms with Gasteiger partial charge >= 0.3 is 0 Å². The van der Waals surface area contributed by atoms with Gasteiger partial charge in [-0.3, -0.25) is 0 Å². The summed E-state index contributed by atoms with van der Waals surface area (Å²) in [7, 11) is -4.11. The molecular weight excluding hydrogens is 384 g/mol. The molecule has 0 fully saturated rings. The number of ether oxygens (including phenoxy) is 2. The Hall–Kier alpha value is -3.04. The van der Waals surface area contributed by atoms with Crippen molar-refractivity contribution in [3.63, 3.8) is 0 Å². The summed E-state index contributed by atoms with van der Waals surface area (Å²) in [6.07, 6.45) is 1.61. The molecule has 2 aromatic carbocycles. The molecular formula is C19H17N2O6S-. The van der Waals surface area contributed by atoms with Gasteiger partial charge in [0, 0.05) is 23.2 Å². The highest BCUT2D eigenvalue weighted by atomic mass is 32.2. The molecule has 1 atom stereocenters. The van der Waals surface area contributed by atoms with Crippen molar-refractivity contribution in [2.24, 2.45) is 0 Å². The van der Waals surface area contributed by atoms with Crippen LogP contribution < -0.4 is 19.3 Å². The number of sulfonamides is 1. The number of aromatic nitrogens is 1. The van der Waals surface area contributed by atoms with E-state index in [1.54, 1.807) is 6.20 Å². The Kier molecular flexibility index (Phi) is 4.70. The van der Waals surface area contributed by atoms with Crippen LogP contribution in [0.3, 0.4) is 0 Å². The Morgan fingerprint density at radius 1 is 1.14 bits per heavy atom. The number of nitrogens with one attached hydrogen (secondary N) is 2. The fraction of sp³-hybridized carbons (Fsp3) is 0.211. The molecule has 1 aliphatic heterocycles. The van der Waals surface area contributed by atoms with Crippen LogP contribution in [0.1, 0.15) is 5.56 Å². The highest BCUT2D eigenvalue weighted by Gasteiger charge is 2.24. The van der Waals surface area contributed by atoms with E-state index in [-0.39, 0.29) is 11.3 Å². The number of carbonyl (C=O) groups is 1. The SMILES string of the molecule is O=C([O-])[C@@H](Cc1c[nH]c2ccccc12)NS(=O)(=O)c1ccc2c(c1)OCCO2. The van der Waals surface area contributed by atoms with E-state index in [0.29, 0.717) is 30.3 Å². The first-order valence-electron chi connectivity index (χ1n) is 8.62. The Morgan fingerprint density at radius 3 is 2.68 bits per heavy atom. The molecule has 0 amide bonds. The van der Waals surface area contributed by atoms with Crippen molar-refractivity contribution in [2.75, 3.05) is 13.2 Å². The zero-order valence-corrected chi connectivity index (χ0v) is 15.5. The number of para-hydroxylation sites is 1. The summed E-state index contributed by atoms with van der Waals surface area (Å²) in [5, 5.41) is 12.4. The molecule has 0 radical (unpaired) electrons. The molecule has 0 spiro atoms. The third-order valence-corrected chi connectivity index (χ3v) is 5.97. The molecule has 2 heterocycles. The lowest BCUT2D eigenvalue weighted by atomic mass is 10.1. The molecule has 0 aliphatic carbocycles. The maximum Gasteiger partial charge on any atom is 0.241 e. The monoisotopic (exact) mass is 401 g/mol. The van der Waals surface area contributed by atoms with Crippen molar-refractivity contribution in [1.82, 2.24) is 9.71 Å². The number of benzene rings is 2. The fourth-order valence-electron chi connectivity index (χ4n) is 3.14. The molecule has 28 heavy (non-hydrogen) atoms. The predicted octanol–water partition coefficient (Wildman–Crippen LogP) is 0.579. The first-order chi connectivity index (χ1) is 13.4. The van der Waals surface area contributed by atoms with E-state index in [1.165, 1.54) is 18.2 Å². The largest absolute Gasteiger partial charge is 0.548 e. The van der Waals surface area contributed by atoms with E-state index in [2.05, 4.69) is 9.71 Å². The molecule has 1 aliphatic rings. The molecule has 8 nitrogen and oxygen atoms in total. The minimum atomic E-state index is -4.11. The highest BCUT2D eigenvalue weighted by molar-refractivity contribution is 7.89. The summed E-state index contributed by atoms with van der Waals surface area (Å²) in [5.41, 5.74) is 1.51. The van der Waals surface area contributed by atoms with Crippen molar-refractivity contribution < 1.29 is 27.8 Å². The number of H-pyrrole nitrogens is 1. The third kappa shape index (κ3) is 3.54. The molecule has 4 rings (SSSR count). The van der Waals surface area contributed by atoms with Crippen LogP contribution in [-0.2, 0) is 21.2 Å². The third-order valence-electron chi connectivity index (χ3n) is 4.50. The van der Waals surface area contributed by atoms with E-state index in [4.69, 9.17) is 9.47 Å². The lowest BCUT2D eigenvalue weighted by Gasteiger charge is -2.21. The zero-order valence-electron chi connectivity index (χ0n) is 14.7. The summed E-state index contributed by atoms with van der Waals surface area (Å²) in [5.74, 6) is -0.761. The maximum absolute atomic E-state index is 12.7. The van der Waals surface area contributed by atoms with Gasteiger partial charge in [0.2, 0.25) is 10.0 Å². The van der Waals surface area contributed by atoms with Crippen LogP contribution >= 0.6 is 0 Å². The normalized spacial score (nSPS) is 14.7. The first kappa shape index (κ1) is 18.3. The molecule has 2 N–H and O–H groups in total. The number of carboxylic acid groups (broad SMARTS) is 1. The smallest absolute Gasteiger partial charge is 0.241 e. The number of aliphatic carboxylic acids is 1. The number of rotatable bonds is 6. The molecule has 0 bridgehead atoms. The molecule has 146 valence electrons. The van der Waals surface area contributed by atoms with Gasteiger partial charge in [-0.1, -0.05) is 18.2 Å². The summed E-state index contributed by atoms with van der Waals surface area (Å²) in [6, 6.07) is 10.1. The average Bonchev–Trinajstić information content (AvgIpc) is 3.10. The van der Waals surface area contributed by atoms with Crippen molar-refractivity contribution in [2.45, 2.75) is 17.4 Å². The average molecular weight is 401 g/mol. The van der Waals surface area contributed by atoms with Gasteiger partial charge < -0.3 is 24.4 Å². The molecule has 3 aromatic rings. The number of carbonyl (C=O) groups excluding carboxylic acids is 1. The van der Waals surface area contributed by atoms with Crippen LogP contribution in [0.4, 0.5) is 0 Å². The quantitative estimate of drug-likeness (QED) is 0.623. The van der Waals surface area contributed by atoms with Crippen LogP contribution in [0, 0.1) is 0 Å². The molecule has 0 saturated carbocycles. The van der Waals surface area contributed by atoms with Crippen molar-refractivity contribution >= 4 is 26.9 Å². The number of hydrogen-bond acceptors (Lipinski definition) is 6. The fourth-order valence-corrected chi connectivity index (χ4v) is 4.34. The van der Waals surface area contributed by atoms with Gasteiger partial charge in [0.1, 0.15) is 13.2 Å². The van der Waals surface area contributed by atoms with Gasteiger partial charge in [0.05, 0.1) is 16.9 Å². The van der Waals surface area contributed by atoms with Crippen molar-refractivity contribution in [1.29, 1.82) is 0 Å². The zero-order chi connectivity index (χ0) is 19.7. The van der Waals surface area contributed by atoms with Crippen LogP contribution in [0.2, 0.25) is 0 Å². The minimum absolute atomic E-state index is 0.0594. The van der Waals surface area contributed by atoms with E-state index in [1.807, 2.05) is 24.3 Å². The number of aromatic amines is 1. The van der Waals surface area contributed by atoms with Gasteiger partial charge in [-0.2, -0.15) is 0 Å². The molecule has 1 aromatic heterocycles. The molecule has 0 unspecified atom stereocenters. The minimum Gasteiger partial charge on any atom is -0.548 e. The standard InChI is InChI=1S/C19H18N2O6S/c22-19(23)16(9-12-11-20-15-4-2-1-3-14(12)15)21-28(24,25)13-5-6-17-18(10-13)27-8-7-26-17/h1-6,10-11,16,20-21H,7-9H2,(H,22,23)/p-1/t16-/m1/s1. The Morgan fingerprint density at radius 2 is 1.89 bits per heavy atom. The van der Waals surface area contributed by atoms with E-state index >= 15 is 0 Å². The summed E-state index contributed by atoms with van der Waals surface area (Å²) < 4.78 is 38.4. The Labute approximate surface area is 161 Å². The molecule has 9 heteroatoms. The molecule has 0 saturated heterocycles. The number of carboxylic acids is 1. The van der Waals surface area contributed by atoms with Crippen LogP contribution in [-0.4, -0.2) is 38.6 Å². The lowest BCUT2D eigenvalue weighted by molar-refractivity contribution is -0.307. The van der Waals surface area contributed by atoms with Gasteiger partial charge in [0.25, 0.3) is 0 Å². The summed E-state index contributed by atoms with van der Waals surface area (Å²) in [6.45, 7) is 0.695. The van der Waals surface area contributed by atoms with Gasteiger partial charge in [-0.15, -0.1) is 0 Å². The van der Waals surface area contributed by atoms with Gasteiger partial charge in [-0.25, -0.2) is 13.1 Å². The second kappa shape index (κ2) is 7.17. The summed E-state index contributed by atoms with van der Waals surface area (Å²) in [4.78, 5) is 14.5. The topological polar surface area (TPSA) is 121 Å². The second-order valence-electron chi connectivity index (χ2n) is 6.36. The Balaban J connectivity index is 1.59. The Bertz CT molecular complexity index is 1140. The van der Waals surface area contributed by atoms with E-state index in [9.17, 15) is 18.3 Å². The van der Waals surface area contributed by atoms with Gasteiger partial charge in [0.15, 0.2) is 11.5 Å². The lowest BCUT2D eigenvalue weighted by Crippen LogP contribution is -2.49. The number of hydrogen-bond donors (Lipinski definition) is 2. The number of fused-ring (bicyclic) bond motifs is 2. The van der Waals surface area contributed by atoms with Crippen LogP contribution in [0.5, 0.6) is 11.5 Å². The van der Waals surface area contributed by atoms with Crippen LogP contribution in [0.25, 0.3) is 10.9 Å². The van der Waals surface area contributed by atoms with Gasteiger partial charge in [-0.05, 0) is 30.2 Å². The van der Waals surface area contributed by atoms with E-state index < -0.39 is 22.0 Å².